The number of phosphoric ester groups is 1. The number of thioether (sulfide) groups is 1. The van der Waals surface area contributed by atoms with Gasteiger partial charge in [0.25, 0.3) is 0 Å². The molecule has 24 nitrogen and oxygen atoms in total. The number of hydrogen-bond acceptors (Lipinski definition) is 16. The highest BCUT2D eigenvalue weighted by molar-refractivity contribution is 8.00. The number of fused-ring (bicyclic) bond motifs is 2. The van der Waals surface area contributed by atoms with E-state index in [2.05, 4.69) is 54.7 Å². The smallest absolute Gasteiger partial charge is 0.390 e. The quantitative estimate of drug-likeness (QED) is 0.0349. The van der Waals surface area contributed by atoms with Crippen LogP contribution in [0.1, 0.15) is 89.5 Å². The summed E-state index contributed by atoms with van der Waals surface area (Å²) in [7, 11) is -16.6. The van der Waals surface area contributed by atoms with E-state index in [0.717, 1.165) is 70.0 Å². The second kappa shape index (κ2) is 23.3. The lowest BCUT2D eigenvalue weighted by molar-refractivity contribution is -0.122. The number of nitrogens with zero attached hydrogens (tertiary/aromatic N) is 4. The van der Waals surface area contributed by atoms with Crippen LogP contribution in [-0.2, 0) is 41.2 Å². The lowest BCUT2D eigenvalue weighted by atomic mass is 10.0. The number of ether oxygens (including phenoxy) is 1. The number of rotatable bonds is 27. The number of nitrogens with one attached hydrogen (secondary N) is 5. The van der Waals surface area contributed by atoms with E-state index < -0.39 is 48.3 Å². The Hall–Kier alpha value is -2.76. The van der Waals surface area contributed by atoms with Crippen LogP contribution in [0.3, 0.4) is 0 Å². The molecule has 4 amide bonds. The SMILES string of the molecule is O=C(CCCCCNC(=O)CCCCC1SCC2NC(=O)NC21)NCCCCCCNc1ncnc2c1ncn2C1COC(COP(=O)(O)OP(=O)(O)OP(=O)(O)O)C(O)C1. The summed E-state index contributed by atoms with van der Waals surface area (Å²) in [5.41, 5.74) is 0.973. The molecule has 28 heteroatoms. The highest BCUT2D eigenvalue weighted by Gasteiger charge is 2.43. The maximum absolute atomic E-state index is 12.2. The molecule has 0 aliphatic carbocycles. The van der Waals surface area contributed by atoms with Crippen LogP contribution in [0.5, 0.6) is 0 Å². The van der Waals surface area contributed by atoms with E-state index in [9.17, 15) is 43.0 Å². The average molecular weight is 944 g/mol. The highest BCUT2D eigenvalue weighted by Crippen LogP contribution is 2.66. The Morgan fingerprint density at radius 1 is 0.869 bits per heavy atom. The molecule has 5 rings (SSSR count). The molecule has 0 aromatic carbocycles. The largest absolute Gasteiger partial charge is 0.490 e. The number of phosphoric acid groups is 3. The minimum absolute atomic E-state index is 0.00695. The Morgan fingerprint density at radius 2 is 1.54 bits per heavy atom. The molecule has 0 bridgehead atoms. The van der Waals surface area contributed by atoms with Crippen LogP contribution in [0.25, 0.3) is 11.2 Å². The minimum atomic E-state index is -5.68. The van der Waals surface area contributed by atoms with Crippen molar-refractivity contribution in [2.45, 2.75) is 119 Å². The number of aliphatic hydroxyl groups is 1. The van der Waals surface area contributed by atoms with Gasteiger partial charge in [0.05, 0.1) is 43.8 Å². The van der Waals surface area contributed by atoms with Crippen LogP contribution >= 0.6 is 35.2 Å². The van der Waals surface area contributed by atoms with Gasteiger partial charge in [-0.1, -0.05) is 25.7 Å². The maximum Gasteiger partial charge on any atom is 0.490 e. The fourth-order valence-corrected chi connectivity index (χ4v) is 11.8. The molecule has 10 N–H and O–H groups in total. The zero-order valence-corrected chi connectivity index (χ0v) is 36.9. The molecule has 344 valence electrons. The lowest BCUT2D eigenvalue weighted by Gasteiger charge is -2.34. The highest BCUT2D eigenvalue weighted by atomic mass is 32.2. The molecule has 2 aromatic rings. The Labute approximate surface area is 356 Å². The third-order valence-electron chi connectivity index (χ3n) is 10.2. The van der Waals surface area contributed by atoms with Crippen molar-refractivity contribution >= 4 is 70.1 Å². The van der Waals surface area contributed by atoms with Gasteiger partial charge >= 0.3 is 29.5 Å². The molecule has 0 saturated carbocycles. The van der Waals surface area contributed by atoms with Crippen LogP contribution in [0.15, 0.2) is 12.7 Å². The molecule has 8 unspecified atom stereocenters. The summed E-state index contributed by atoms with van der Waals surface area (Å²) in [6.07, 6.45) is 10.3. The summed E-state index contributed by atoms with van der Waals surface area (Å²) in [6.45, 7) is 1.05. The average Bonchev–Trinajstić information content (AvgIpc) is 3.88. The first-order valence-electron chi connectivity index (χ1n) is 20.2. The van der Waals surface area contributed by atoms with Gasteiger partial charge < -0.3 is 60.6 Å². The molecule has 5 heterocycles. The zero-order valence-electron chi connectivity index (χ0n) is 33.4. The molecule has 3 fully saturated rings. The standard InChI is InChI=1S/C33H56N9O15P3S/c43-24-16-22(17-54-25(24)18-55-59(50,51)57-60(52,53)56-58(47,48)49)42-21-39-30-31(37-20-38-32(30)42)36-15-8-2-1-7-13-34-27(44)11-4-3-9-14-35-28(45)12-6-5-10-26-29-23(19-61-26)40-33(46)41-29/h20-26,29,43H,1-19H2,(H,34,44)(H,35,45)(H,50,51)(H,52,53)(H,36,37,38)(H2,40,41,46)(H2,47,48,49). The molecule has 3 saturated heterocycles. The zero-order chi connectivity index (χ0) is 44.0. The summed E-state index contributed by atoms with van der Waals surface area (Å²) in [5, 5.41) is 26.2. The van der Waals surface area contributed by atoms with E-state index in [1.165, 1.54) is 12.7 Å². The first-order chi connectivity index (χ1) is 29.0. The van der Waals surface area contributed by atoms with E-state index in [-0.39, 0.29) is 43.0 Å². The van der Waals surface area contributed by atoms with Crippen molar-refractivity contribution in [3.8, 4) is 0 Å². The topological polar surface area (TPSA) is 344 Å². The molecular weight excluding hydrogens is 887 g/mol. The summed E-state index contributed by atoms with van der Waals surface area (Å²) < 4.78 is 53.7. The number of carbonyl (C=O) groups excluding carboxylic acids is 3. The van der Waals surface area contributed by atoms with Crippen molar-refractivity contribution in [2.24, 2.45) is 0 Å². The molecule has 0 spiro atoms. The third-order valence-corrected chi connectivity index (χ3v) is 15.5. The van der Waals surface area contributed by atoms with Gasteiger partial charge in [-0.15, -0.1) is 0 Å². The number of amides is 4. The summed E-state index contributed by atoms with van der Waals surface area (Å²) in [6, 6.07) is -0.119. The van der Waals surface area contributed by atoms with Crippen LogP contribution in [0, 0.1) is 0 Å². The van der Waals surface area contributed by atoms with Gasteiger partial charge in [0, 0.05) is 43.5 Å². The Kier molecular flexibility index (Phi) is 18.8. The van der Waals surface area contributed by atoms with Gasteiger partial charge in [-0.25, -0.2) is 33.4 Å². The first-order valence-corrected chi connectivity index (χ1v) is 25.8. The van der Waals surface area contributed by atoms with Gasteiger partial charge in [-0.2, -0.15) is 20.4 Å². The minimum Gasteiger partial charge on any atom is -0.390 e. The van der Waals surface area contributed by atoms with Crippen molar-refractivity contribution < 1.29 is 70.6 Å². The fraction of sp³-hybridized carbons (Fsp3) is 0.758. The molecule has 61 heavy (non-hydrogen) atoms. The second-order valence-electron chi connectivity index (χ2n) is 15.0. The van der Waals surface area contributed by atoms with E-state index in [1.54, 1.807) is 4.57 Å². The molecule has 0 radical (unpaired) electrons. The number of imidazole rings is 1. The predicted octanol–water partition coefficient (Wildman–Crippen LogP) is 2.35. The summed E-state index contributed by atoms with van der Waals surface area (Å²) >= 11 is 1.88. The Balaban J connectivity index is 0.867. The predicted molar refractivity (Wildman–Crippen MR) is 220 cm³/mol. The molecule has 3 aliphatic rings. The number of carbonyl (C=O) groups is 3. The van der Waals surface area contributed by atoms with Crippen molar-refractivity contribution in [3.63, 3.8) is 0 Å². The normalized spacial score (nSPS) is 24.6. The van der Waals surface area contributed by atoms with Crippen molar-refractivity contribution in [1.82, 2.24) is 40.8 Å². The number of aromatic nitrogens is 4. The van der Waals surface area contributed by atoms with Crippen molar-refractivity contribution in [2.75, 3.05) is 43.9 Å². The summed E-state index contributed by atoms with van der Waals surface area (Å²) in [4.78, 5) is 85.3. The van der Waals surface area contributed by atoms with Gasteiger partial charge in [-0.3, -0.25) is 14.1 Å². The molecule has 2 aromatic heterocycles. The number of unbranched alkanes of at least 4 members (excludes halogenated alkanes) is 6. The van der Waals surface area contributed by atoms with Crippen molar-refractivity contribution in [3.05, 3.63) is 12.7 Å². The number of anilines is 1. The van der Waals surface area contributed by atoms with E-state index in [1.807, 2.05) is 11.8 Å². The van der Waals surface area contributed by atoms with E-state index >= 15 is 0 Å². The Morgan fingerprint density at radius 3 is 2.23 bits per heavy atom. The van der Waals surface area contributed by atoms with Crippen LogP contribution in [0.2, 0.25) is 0 Å². The number of aliphatic hydroxyl groups excluding tert-OH is 1. The first kappa shape index (κ1) is 49.3. The van der Waals surface area contributed by atoms with Crippen LogP contribution < -0.4 is 26.6 Å². The fourth-order valence-electron chi connectivity index (χ4n) is 7.22. The van der Waals surface area contributed by atoms with Crippen LogP contribution in [0.4, 0.5) is 10.6 Å². The van der Waals surface area contributed by atoms with Gasteiger partial charge in [0.2, 0.25) is 11.8 Å². The molecule has 3 aliphatic heterocycles. The summed E-state index contributed by atoms with van der Waals surface area (Å²) in [5.74, 6) is 1.54. The van der Waals surface area contributed by atoms with Crippen molar-refractivity contribution in [1.29, 1.82) is 0 Å². The van der Waals surface area contributed by atoms with Gasteiger partial charge in [0.15, 0.2) is 11.5 Å². The third kappa shape index (κ3) is 16.4. The molecular formula is C33H56N9O15P3S. The van der Waals surface area contributed by atoms with E-state index in [0.29, 0.717) is 54.7 Å². The monoisotopic (exact) mass is 943 g/mol. The van der Waals surface area contributed by atoms with E-state index in [4.69, 9.17) is 14.5 Å². The molecule has 8 atom stereocenters. The van der Waals surface area contributed by atoms with Gasteiger partial charge in [-0.05, 0) is 44.9 Å². The number of urea groups is 1. The van der Waals surface area contributed by atoms with Gasteiger partial charge in [0.1, 0.15) is 17.9 Å². The second-order valence-corrected chi connectivity index (χ2v) is 20.7. The Bertz CT molecular complexity index is 1930. The van der Waals surface area contributed by atoms with Crippen LogP contribution in [-0.4, -0.2) is 130 Å². The lowest BCUT2D eigenvalue weighted by Crippen LogP contribution is -2.42. The maximum atomic E-state index is 12.2. The number of hydrogen-bond donors (Lipinski definition) is 10.